The molecule has 3 aromatic carbocycles. The number of methoxy groups -OCH3 is 1. The van der Waals surface area contributed by atoms with Crippen LogP contribution in [0, 0.1) is 0 Å². The first-order chi connectivity index (χ1) is 13.6. The minimum atomic E-state index is -0.576. The van der Waals surface area contributed by atoms with Crippen molar-refractivity contribution in [3.8, 4) is 5.75 Å². The SMILES string of the molecule is CCOc1ccc2ccccc2c1C(=O)NCC(CC)(OC)c1ccccc1. The second-order valence-corrected chi connectivity index (χ2v) is 6.69. The monoisotopic (exact) mass is 377 g/mol. The van der Waals surface area contributed by atoms with Gasteiger partial charge in [-0.3, -0.25) is 4.79 Å². The van der Waals surface area contributed by atoms with Crippen LogP contribution in [0.15, 0.2) is 66.7 Å². The van der Waals surface area contributed by atoms with Gasteiger partial charge in [-0.1, -0.05) is 67.6 Å². The van der Waals surface area contributed by atoms with Gasteiger partial charge in [-0.15, -0.1) is 0 Å². The Balaban J connectivity index is 1.93. The predicted octanol–water partition coefficient (Wildman–Crippen LogP) is 4.92. The molecule has 1 N–H and O–H groups in total. The molecule has 0 saturated heterocycles. The van der Waals surface area contributed by atoms with Gasteiger partial charge in [0.25, 0.3) is 5.91 Å². The lowest BCUT2D eigenvalue weighted by Gasteiger charge is -2.32. The third kappa shape index (κ3) is 3.87. The Labute approximate surface area is 166 Å². The molecular formula is C24H27NO3. The third-order valence-electron chi connectivity index (χ3n) is 5.21. The molecule has 0 aromatic heterocycles. The first-order valence-electron chi connectivity index (χ1n) is 9.68. The summed E-state index contributed by atoms with van der Waals surface area (Å²) in [6.07, 6.45) is 0.738. The van der Waals surface area contributed by atoms with E-state index in [4.69, 9.17) is 9.47 Å². The van der Waals surface area contributed by atoms with Gasteiger partial charge >= 0.3 is 0 Å². The normalized spacial score (nSPS) is 13.1. The Kier molecular flexibility index (Phi) is 6.32. The van der Waals surface area contributed by atoms with Gasteiger partial charge in [-0.05, 0) is 35.7 Å². The summed E-state index contributed by atoms with van der Waals surface area (Å²) in [5, 5.41) is 4.97. The van der Waals surface area contributed by atoms with Crippen LogP contribution in [-0.2, 0) is 10.3 Å². The van der Waals surface area contributed by atoms with Gasteiger partial charge < -0.3 is 14.8 Å². The number of hydrogen-bond donors (Lipinski definition) is 1. The lowest BCUT2D eigenvalue weighted by molar-refractivity contribution is -0.0164. The second kappa shape index (κ2) is 8.89. The number of amides is 1. The average molecular weight is 377 g/mol. The molecule has 28 heavy (non-hydrogen) atoms. The molecule has 0 aliphatic heterocycles. The van der Waals surface area contributed by atoms with Crippen LogP contribution in [0.1, 0.15) is 36.2 Å². The van der Waals surface area contributed by atoms with Crippen LogP contribution in [0.5, 0.6) is 5.75 Å². The van der Waals surface area contributed by atoms with Crippen LogP contribution in [0.4, 0.5) is 0 Å². The largest absolute Gasteiger partial charge is 0.493 e. The first kappa shape index (κ1) is 19.9. The van der Waals surface area contributed by atoms with Crippen LogP contribution >= 0.6 is 0 Å². The Hall–Kier alpha value is -2.85. The summed E-state index contributed by atoms with van der Waals surface area (Å²) < 4.78 is 11.6. The summed E-state index contributed by atoms with van der Waals surface area (Å²) in [5.41, 5.74) is 1.03. The molecule has 1 unspecified atom stereocenters. The van der Waals surface area contributed by atoms with Gasteiger partial charge in [-0.2, -0.15) is 0 Å². The summed E-state index contributed by atoms with van der Waals surface area (Å²) in [4.78, 5) is 13.2. The number of nitrogens with one attached hydrogen (secondary N) is 1. The predicted molar refractivity (Wildman–Crippen MR) is 113 cm³/mol. The van der Waals surface area contributed by atoms with Crippen molar-refractivity contribution in [1.82, 2.24) is 5.32 Å². The van der Waals surface area contributed by atoms with Crippen LogP contribution in [0.25, 0.3) is 10.8 Å². The van der Waals surface area contributed by atoms with Crippen molar-refractivity contribution in [2.75, 3.05) is 20.3 Å². The summed E-state index contributed by atoms with van der Waals surface area (Å²) in [7, 11) is 1.69. The van der Waals surface area contributed by atoms with Crippen molar-refractivity contribution in [2.45, 2.75) is 25.9 Å². The van der Waals surface area contributed by atoms with Gasteiger partial charge in [0.2, 0.25) is 0 Å². The Morgan fingerprint density at radius 2 is 1.68 bits per heavy atom. The van der Waals surface area contributed by atoms with E-state index in [1.165, 1.54) is 0 Å². The van der Waals surface area contributed by atoms with E-state index in [0.29, 0.717) is 24.5 Å². The summed E-state index contributed by atoms with van der Waals surface area (Å²) in [6, 6.07) is 21.7. The molecule has 4 heteroatoms. The number of carbonyl (C=O) groups excluding carboxylic acids is 1. The maximum Gasteiger partial charge on any atom is 0.255 e. The zero-order chi connectivity index (χ0) is 20.0. The van der Waals surface area contributed by atoms with E-state index in [1.807, 2.05) is 73.7 Å². The number of benzene rings is 3. The van der Waals surface area contributed by atoms with Crippen molar-refractivity contribution in [1.29, 1.82) is 0 Å². The molecule has 0 fully saturated rings. The van der Waals surface area contributed by atoms with Crippen LogP contribution in [0.2, 0.25) is 0 Å². The summed E-state index contributed by atoms with van der Waals surface area (Å²) in [6.45, 7) is 4.85. The molecule has 4 nitrogen and oxygen atoms in total. The van der Waals surface area contributed by atoms with E-state index in [-0.39, 0.29) is 5.91 Å². The number of hydrogen-bond acceptors (Lipinski definition) is 3. The van der Waals surface area contributed by atoms with Crippen molar-refractivity contribution in [3.05, 3.63) is 77.9 Å². The molecule has 146 valence electrons. The fourth-order valence-electron chi connectivity index (χ4n) is 3.58. The molecule has 3 aromatic rings. The van der Waals surface area contributed by atoms with E-state index >= 15 is 0 Å². The zero-order valence-corrected chi connectivity index (χ0v) is 16.7. The lowest BCUT2D eigenvalue weighted by atomic mass is 9.90. The highest BCUT2D eigenvalue weighted by atomic mass is 16.5. The highest BCUT2D eigenvalue weighted by molar-refractivity contribution is 6.09. The molecule has 0 heterocycles. The van der Waals surface area contributed by atoms with Crippen LogP contribution in [0.3, 0.4) is 0 Å². The minimum absolute atomic E-state index is 0.161. The molecule has 0 aliphatic carbocycles. The molecular weight excluding hydrogens is 350 g/mol. The van der Waals surface area contributed by atoms with Gasteiger partial charge in [0.05, 0.1) is 18.7 Å². The average Bonchev–Trinajstić information content (AvgIpc) is 2.75. The van der Waals surface area contributed by atoms with Crippen LogP contribution in [-0.4, -0.2) is 26.2 Å². The Morgan fingerprint density at radius 1 is 0.964 bits per heavy atom. The van der Waals surface area contributed by atoms with Crippen molar-refractivity contribution in [3.63, 3.8) is 0 Å². The molecule has 0 radical (unpaired) electrons. The molecule has 0 spiro atoms. The molecule has 1 amide bonds. The van der Waals surface area contributed by atoms with E-state index in [9.17, 15) is 4.79 Å². The first-order valence-corrected chi connectivity index (χ1v) is 9.68. The fraction of sp³-hybridized carbons (Fsp3) is 0.292. The molecule has 0 saturated carbocycles. The molecule has 0 bridgehead atoms. The third-order valence-corrected chi connectivity index (χ3v) is 5.21. The standard InChI is InChI=1S/C24H27NO3/c1-4-24(27-3,19-12-7-6-8-13-19)17-25-23(26)22-20-14-10-9-11-18(20)15-16-21(22)28-5-2/h6-16H,4-5,17H2,1-3H3,(H,25,26). The van der Waals surface area contributed by atoms with Crippen LogP contribution < -0.4 is 10.1 Å². The maximum atomic E-state index is 13.2. The van der Waals surface area contributed by atoms with Gasteiger partial charge in [-0.25, -0.2) is 0 Å². The highest BCUT2D eigenvalue weighted by Gasteiger charge is 2.31. The number of rotatable bonds is 8. The topological polar surface area (TPSA) is 47.6 Å². The van der Waals surface area contributed by atoms with Gasteiger partial charge in [0.15, 0.2) is 0 Å². The molecule has 0 aliphatic rings. The molecule has 3 rings (SSSR count). The number of carbonyl (C=O) groups is 1. The number of ether oxygens (including phenoxy) is 2. The van der Waals surface area contributed by atoms with E-state index in [2.05, 4.69) is 12.2 Å². The van der Waals surface area contributed by atoms with Gasteiger partial charge in [0.1, 0.15) is 11.4 Å². The second-order valence-electron chi connectivity index (χ2n) is 6.69. The number of fused-ring (bicyclic) bond motifs is 1. The van der Waals surface area contributed by atoms with Gasteiger partial charge in [0, 0.05) is 7.11 Å². The maximum absolute atomic E-state index is 13.2. The van der Waals surface area contributed by atoms with E-state index < -0.39 is 5.60 Å². The van der Waals surface area contributed by atoms with Crippen molar-refractivity contribution < 1.29 is 14.3 Å². The lowest BCUT2D eigenvalue weighted by Crippen LogP contribution is -2.42. The Bertz CT molecular complexity index is 933. The summed E-state index contributed by atoms with van der Waals surface area (Å²) >= 11 is 0. The van der Waals surface area contributed by atoms with Crippen molar-refractivity contribution in [2.24, 2.45) is 0 Å². The summed E-state index contributed by atoms with van der Waals surface area (Å²) in [5.74, 6) is 0.434. The highest BCUT2D eigenvalue weighted by Crippen LogP contribution is 2.30. The fourth-order valence-corrected chi connectivity index (χ4v) is 3.58. The smallest absolute Gasteiger partial charge is 0.255 e. The van der Waals surface area contributed by atoms with E-state index in [1.54, 1.807) is 7.11 Å². The molecule has 1 atom stereocenters. The quantitative estimate of drug-likeness (QED) is 0.606. The minimum Gasteiger partial charge on any atom is -0.493 e. The van der Waals surface area contributed by atoms with Crippen molar-refractivity contribution >= 4 is 16.7 Å². The Morgan fingerprint density at radius 3 is 2.36 bits per heavy atom. The zero-order valence-electron chi connectivity index (χ0n) is 16.7. The van der Waals surface area contributed by atoms with E-state index in [0.717, 1.165) is 22.8 Å².